The maximum absolute atomic E-state index is 13.0. The Balaban J connectivity index is 1.71. The van der Waals surface area contributed by atoms with Gasteiger partial charge < -0.3 is 0 Å². The third-order valence-electron chi connectivity index (χ3n) is 5.27. The van der Waals surface area contributed by atoms with Crippen LogP contribution in [0.15, 0.2) is 88.4 Å². The lowest BCUT2D eigenvalue weighted by Crippen LogP contribution is -2.29. The standard InChI is InChI=1S/C25H24BrN3O/c1-18-11-13-21(14-12-18)19(2)27-29-24(30)17-28(16-20-7-4-3-5-8-20)25(29)22-9-6-10-23(26)15-22/h3-15,25H,16-17H2,1-2H3/b27-19-/t25-/m1/s1. The largest absolute Gasteiger partial charge is 0.271 e. The summed E-state index contributed by atoms with van der Waals surface area (Å²) >= 11 is 3.57. The second-order valence-corrected chi connectivity index (χ2v) is 8.52. The number of hydrogen-bond donors (Lipinski definition) is 0. The minimum absolute atomic E-state index is 0.00219. The van der Waals surface area contributed by atoms with Gasteiger partial charge in [-0.25, -0.2) is 5.01 Å². The van der Waals surface area contributed by atoms with E-state index >= 15 is 0 Å². The molecule has 1 aliphatic heterocycles. The molecule has 0 unspecified atom stereocenters. The van der Waals surface area contributed by atoms with Crippen molar-refractivity contribution in [2.24, 2.45) is 5.10 Å². The molecular weight excluding hydrogens is 438 g/mol. The van der Waals surface area contributed by atoms with Crippen molar-refractivity contribution in [2.75, 3.05) is 6.54 Å². The van der Waals surface area contributed by atoms with Crippen molar-refractivity contribution in [1.82, 2.24) is 9.91 Å². The zero-order valence-corrected chi connectivity index (χ0v) is 18.7. The summed E-state index contributed by atoms with van der Waals surface area (Å²) in [4.78, 5) is 15.2. The number of nitrogens with zero attached hydrogens (tertiary/aromatic N) is 3. The molecule has 30 heavy (non-hydrogen) atoms. The van der Waals surface area contributed by atoms with Crippen LogP contribution >= 0.6 is 15.9 Å². The summed E-state index contributed by atoms with van der Waals surface area (Å²) < 4.78 is 0.984. The van der Waals surface area contributed by atoms with Gasteiger partial charge in [0.1, 0.15) is 6.17 Å². The highest BCUT2D eigenvalue weighted by Crippen LogP contribution is 2.34. The van der Waals surface area contributed by atoms with E-state index < -0.39 is 0 Å². The van der Waals surface area contributed by atoms with Crippen molar-refractivity contribution in [3.63, 3.8) is 0 Å². The van der Waals surface area contributed by atoms with Gasteiger partial charge >= 0.3 is 0 Å². The molecule has 152 valence electrons. The molecule has 1 amide bonds. The second-order valence-electron chi connectivity index (χ2n) is 7.61. The van der Waals surface area contributed by atoms with Gasteiger partial charge in [0.2, 0.25) is 0 Å². The maximum atomic E-state index is 13.0. The molecule has 0 N–H and O–H groups in total. The smallest absolute Gasteiger partial charge is 0.258 e. The van der Waals surface area contributed by atoms with Crippen LogP contribution in [0.25, 0.3) is 0 Å². The quantitative estimate of drug-likeness (QED) is 0.468. The summed E-state index contributed by atoms with van der Waals surface area (Å²) in [6, 6.07) is 26.6. The Morgan fingerprint density at radius 3 is 2.47 bits per heavy atom. The van der Waals surface area contributed by atoms with Crippen LogP contribution in [0.3, 0.4) is 0 Å². The van der Waals surface area contributed by atoms with E-state index in [0.29, 0.717) is 13.1 Å². The van der Waals surface area contributed by atoms with Crippen molar-refractivity contribution in [2.45, 2.75) is 26.6 Å². The van der Waals surface area contributed by atoms with Crippen LogP contribution in [0.1, 0.15) is 35.3 Å². The molecule has 3 aromatic rings. The zero-order chi connectivity index (χ0) is 21.1. The van der Waals surface area contributed by atoms with Crippen LogP contribution < -0.4 is 0 Å². The normalized spacial score (nSPS) is 17.6. The number of amides is 1. The molecule has 4 rings (SSSR count). The highest BCUT2D eigenvalue weighted by Gasteiger charge is 2.39. The van der Waals surface area contributed by atoms with Crippen molar-refractivity contribution in [3.8, 4) is 0 Å². The predicted octanol–water partition coefficient (Wildman–Crippen LogP) is 5.52. The molecular formula is C25H24BrN3O. The molecule has 1 aliphatic rings. The predicted molar refractivity (Wildman–Crippen MR) is 124 cm³/mol. The van der Waals surface area contributed by atoms with Crippen LogP contribution in [0.5, 0.6) is 0 Å². The number of aryl methyl sites for hydroxylation is 1. The van der Waals surface area contributed by atoms with E-state index in [1.807, 2.05) is 49.4 Å². The zero-order valence-electron chi connectivity index (χ0n) is 17.1. The average Bonchev–Trinajstić information content (AvgIpc) is 3.04. The van der Waals surface area contributed by atoms with E-state index in [4.69, 9.17) is 5.10 Å². The molecule has 1 heterocycles. The molecule has 0 aliphatic carbocycles. The number of hydrazone groups is 1. The van der Waals surface area contributed by atoms with Gasteiger partial charge in [0.25, 0.3) is 5.91 Å². The first-order valence-electron chi connectivity index (χ1n) is 9.99. The van der Waals surface area contributed by atoms with E-state index in [-0.39, 0.29) is 12.1 Å². The number of benzene rings is 3. The van der Waals surface area contributed by atoms with Crippen LogP contribution in [0.4, 0.5) is 0 Å². The Morgan fingerprint density at radius 1 is 1.03 bits per heavy atom. The molecule has 5 heteroatoms. The number of rotatable bonds is 5. The van der Waals surface area contributed by atoms with Crippen molar-refractivity contribution in [1.29, 1.82) is 0 Å². The Morgan fingerprint density at radius 2 is 1.77 bits per heavy atom. The summed E-state index contributed by atoms with van der Waals surface area (Å²) in [5.74, 6) is 0.00219. The average molecular weight is 462 g/mol. The van der Waals surface area contributed by atoms with Gasteiger partial charge in [0.15, 0.2) is 0 Å². The topological polar surface area (TPSA) is 35.9 Å². The highest BCUT2D eigenvalue weighted by atomic mass is 79.9. The lowest BCUT2D eigenvalue weighted by atomic mass is 10.1. The first kappa shape index (κ1) is 20.5. The number of halogens is 1. The SMILES string of the molecule is C/C(=N/N1C(=O)CN(Cc2ccccc2)[C@H]1c1cccc(Br)c1)c1ccc(C)cc1. The van der Waals surface area contributed by atoms with Gasteiger partial charge in [-0.2, -0.15) is 5.10 Å². The summed E-state index contributed by atoms with van der Waals surface area (Å²) in [5.41, 5.74) is 5.25. The first-order valence-corrected chi connectivity index (χ1v) is 10.8. The molecule has 1 atom stereocenters. The van der Waals surface area contributed by atoms with Gasteiger partial charge in [-0.15, -0.1) is 0 Å². The van der Waals surface area contributed by atoms with E-state index in [0.717, 1.165) is 21.3 Å². The summed E-state index contributed by atoms with van der Waals surface area (Å²) in [7, 11) is 0. The maximum Gasteiger partial charge on any atom is 0.258 e. The Hall–Kier alpha value is -2.76. The monoisotopic (exact) mass is 461 g/mol. The third kappa shape index (κ3) is 4.53. The number of hydrogen-bond acceptors (Lipinski definition) is 3. The lowest BCUT2D eigenvalue weighted by Gasteiger charge is -2.28. The minimum Gasteiger partial charge on any atom is -0.271 e. The van der Waals surface area contributed by atoms with E-state index in [1.54, 1.807) is 5.01 Å². The van der Waals surface area contributed by atoms with Gasteiger partial charge in [-0.1, -0.05) is 88.2 Å². The fraction of sp³-hybridized carbons (Fsp3) is 0.200. The number of carbonyl (C=O) groups is 1. The van der Waals surface area contributed by atoms with E-state index in [9.17, 15) is 4.79 Å². The molecule has 0 bridgehead atoms. The molecule has 0 radical (unpaired) electrons. The fourth-order valence-corrected chi connectivity index (χ4v) is 4.14. The molecule has 4 nitrogen and oxygen atoms in total. The summed E-state index contributed by atoms with van der Waals surface area (Å²) in [6.07, 6.45) is -0.254. The number of carbonyl (C=O) groups excluding carboxylic acids is 1. The van der Waals surface area contributed by atoms with Crippen molar-refractivity contribution in [3.05, 3.63) is 106 Å². The van der Waals surface area contributed by atoms with E-state index in [2.05, 4.69) is 64.2 Å². The van der Waals surface area contributed by atoms with Crippen molar-refractivity contribution >= 4 is 27.5 Å². The fourth-order valence-electron chi connectivity index (χ4n) is 3.73. The van der Waals surface area contributed by atoms with Crippen molar-refractivity contribution < 1.29 is 4.79 Å². The van der Waals surface area contributed by atoms with E-state index in [1.165, 1.54) is 11.1 Å². The Kier molecular flexibility index (Phi) is 6.11. The van der Waals surface area contributed by atoms with Crippen LogP contribution in [-0.4, -0.2) is 28.1 Å². The first-order chi connectivity index (χ1) is 14.5. The lowest BCUT2D eigenvalue weighted by molar-refractivity contribution is -0.128. The molecule has 3 aromatic carbocycles. The molecule has 0 spiro atoms. The Labute approximate surface area is 186 Å². The molecule has 1 fully saturated rings. The molecule has 0 aromatic heterocycles. The Bertz CT molecular complexity index is 1060. The van der Waals surface area contributed by atoms with Crippen LogP contribution in [0, 0.1) is 6.92 Å². The van der Waals surface area contributed by atoms with Crippen LogP contribution in [0.2, 0.25) is 0 Å². The molecule has 0 saturated carbocycles. The van der Waals surface area contributed by atoms with Gasteiger partial charge in [-0.3, -0.25) is 9.69 Å². The van der Waals surface area contributed by atoms with Gasteiger partial charge in [0, 0.05) is 11.0 Å². The summed E-state index contributed by atoms with van der Waals surface area (Å²) in [6.45, 7) is 5.02. The van der Waals surface area contributed by atoms with Gasteiger partial charge in [-0.05, 0) is 42.7 Å². The minimum atomic E-state index is -0.254. The summed E-state index contributed by atoms with van der Waals surface area (Å²) in [5, 5.41) is 6.42. The highest BCUT2D eigenvalue weighted by molar-refractivity contribution is 9.10. The molecule has 1 saturated heterocycles. The third-order valence-corrected chi connectivity index (χ3v) is 5.77. The second kappa shape index (κ2) is 8.94. The van der Waals surface area contributed by atoms with Crippen LogP contribution in [-0.2, 0) is 11.3 Å². The van der Waals surface area contributed by atoms with Gasteiger partial charge in [0.05, 0.1) is 12.3 Å².